The number of ketones is 2. The molecule has 0 saturated heterocycles. The lowest BCUT2D eigenvalue weighted by Gasteiger charge is -2.42. The molecule has 0 saturated carbocycles. The fourth-order valence-electron chi connectivity index (χ4n) is 5.95. The molecule has 0 fully saturated rings. The second-order valence-electron chi connectivity index (χ2n) is 12.3. The Morgan fingerprint density at radius 2 is 1.43 bits per heavy atom. The second kappa shape index (κ2) is 10.3. The van der Waals surface area contributed by atoms with Gasteiger partial charge < -0.3 is 18.9 Å². The summed E-state index contributed by atoms with van der Waals surface area (Å²) in [5.41, 5.74) is 1.74. The van der Waals surface area contributed by atoms with Gasteiger partial charge in [-0.2, -0.15) is 0 Å². The normalized spacial score (nSPS) is 19.9. The number of benzene rings is 2. The number of hydrogen-bond donors (Lipinski definition) is 0. The Morgan fingerprint density at radius 1 is 0.850 bits per heavy atom. The van der Waals surface area contributed by atoms with Crippen LogP contribution < -0.4 is 14.2 Å². The van der Waals surface area contributed by atoms with Crippen LogP contribution >= 0.6 is 0 Å². The van der Waals surface area contributed by atoms with Gasteiger partial charge >= 0.3 is 5.97 Å². The molecule has 0 amide bonds. The van der Waals surface area contributed by atoms with Crippen molar-refractivity contribution < 1.29 is 33.3 Å². The Morgan fingerprint density at radius 3 is 1.95 bits per heavy atom. The highest BCUT2D eigenvalue weighted by molar-refractivity contribution is 6.06. The minimum absolute atomic E-state index is 0.00611. The van der Waals surface area contributed by atoms with E-state index in [1.54, 1.807) is 43.5 Å². The molecule has 40 heavy (non-hydrogen) atoms. The summed E-state index contributed by atoms with van der Waals surface area (Å²) in [4.78, 5) is 40.1. The van der Waals surface area contributed by atoms with Crippen molar-refractivity contribution in [2.75, 3.05) is 13.7 Å². The molecule has 2 aromatic rings. The Kier molecular flexibility index (Phi) is 7.11. The van der Waals surface area contributed by atoms with Gasteiger partial charge in [0.25, 0.3) is 0 Å². The molecular weight excluding hydrogens is 508 g/mol. The van der Waals surface area contributed by atoms with Crippen LogP contribution in [0, 0.1) is 10.8 Å². The number of hydrogen-bond acceptors (Lipinski definition) is 7. The number of esters is 1. The number of allylic oxidation sites excluding steroid dienone is 4. The molecule has 7 nitrogen and oxygen atoms in total. The molecule has 1 aliphatic heterocycles. The van der Waals surface area contributed by atoms with E-state index in [4.69, 9.17) is 18.9 Å². The van der Waals surface area contributed by atoms with Gasteiger partial charge in [0.2, 0.25) is 0 Å². The van der Waals surface area contributed by atoms with Crippen LogP contribution in [0.3, 0.4) is 0 Å². The molecule has 2 aromatic carbocycles. The van der Waals surface area contributed by atoms with E-state index in [2.05, 4.69) is 27.7 Å². The second-order valence-corrected chi connectivity index (χ2v) is 12.3. The topological polar surface area (TPSA) is 88.1 Å². The van der Waals surface area contributed by atoms with Crippen molar-refractivity contribution in [2.45, 2.75) is 66.2 Å². The Hall–Kier alpha value is -3.87. The van der Waals surface area contributed by atoms with Crippen LogP contribution in [0.5, 0.6) is 17.2 Å². The van der Waals surface area contributed by atoms with E-state index >= 15 is 0 Å². The zero-order valence-corrected chi connectivity index (χ0v) is 24.0. The van der Waals surface area contributed by atoms with E-state index in [1.807, 2.05) is 13.0 Å². The molecule has 210 valence electrons. The third-order valence-electron chi connectivity index (χ3n) is 7.71. The lowest BCUT2D eigenvalue weighted by Crippen LogP contribution is -2.37. The molecule has 0 atom stereocenters. The van der Waals surface area contributed by atoms with Crippen molar-refractivity contribution in [3.8, 4) is 17.2 Å². The Bertz CT molecular complexity index is 1390. The maximum atomic E-state index is 13.6. The predicted molar refractivity (Wildman–Crippen MR) is 149 cm³/mol. The molecule has 3 aliphatic rings. The van der Waals surface area contributed by atoms with Gasteiger partial charge in [0.15, 0.2) is 23.1 Å². The maximum Gasteiger partial charge on any atom is 0.343 e. The highest BCUT2D eigenvalue weighted by Crippen LogP contribution is 2.53. The molecular formula is C33H36O7. The fraction of sp³-hybridized carbons (Fsp3) is 0.424. The molecule has 7 heteroatoms. The maximum absolute atomic E-state index is 13.6. The quantitative estimate of drug-likeness (QED) is 0.295. The number of Topliss-reactive ketones (excluding diaryl/α,β-unsaturated/α-hetero) is 2. The van der Waals surface area contributed by atoms with Gasteiger partial charge in [-0.1, -0.05) is 33.8 Å². The van der Waals surface area contributed by atoms with Crippen LogP contribution in [0.25, 0.3) is 0 Å². The van der Waals surface area contributed by atoms with Crippen molar-refractivity contribution >= 4 is 17.5 Å². The van der Waals surface area contributed by atoms with E-state index in [0.29, 0.717) is 72.0 Å². The average molecular weight is 545 g/mol. The summed E-state index contributed by atoms with van der Waals surface area (Å²) in [6.07, 6.45) is 1.99. The van der Waals surface area contributed by atoms with Crippen LogP contribution in [0.4, 0.5) is 0 Å². The van der Waals surface area contributed by atoms with Crippen molar-refractivity contribution in [3.05, 3.63) is 76.3 Å². The number of rotatable bonds is 6. The summed E-state index contributed by atoms with van der Waals surface area (Å²) in [6, 6.07) is 11.9. The molecule has 0 aromatic heterocycles. The molecule has 0 radical (unpaired) electrons. The smallest absolute Gasteiger partial charge is 0.343 e. The number of methoxy groups -OCH3 is 1. The summed E-state index contributed by atoms with van der Waals surface area (Å²) in [7, 11) is 1.56. The van der Waals surface area contributed by atoms with Crippen molar-refractivity contribution in [1.82, 2.24) is 0 Å². The van der Waals surface area contributed by atoms with E-state index in [-0.39, 0.29) is 28.1 Å². The molecule has 1 heterocycles. The van der Waals surface area contributed by atoms with E-state index in [9.17, 15) is 14.4 Å². The van der Waals surface area contributed by atoms with Crippen molar-refractivity contribution in [3.63, 3.8) is 0 Å². The molecule has 0 N–H and O–H groups in total. The summed E-state index contributed by atoms with van der Waals surface area (Å²) in [6.45, 7) is 10.4. The van der Waals surface area contributed by atoms with Gasteiger partial charge in [-0.25, -0.2) is 4.79 Å². The molecule has 0 unspecified atom stereocenters. The molecule has 0 bridgehead atoms. The lowest BCUT2D eigenvalue weighted by atomic mass is 9.65. The Labute approximate surface area is 235 Å². The third kappa shape index (κ3) is 5.29. The standard InChI is InChI=1S/C33H36O7/c1-7-38-25-14-20(10-13-24(25)40-31(36)19-8-11-21(37-6)12-9-19)28-29-22(34)15-32(2,3)17-26(29)39-27-18-33(4,5)16-23(35)30(27)28/h8-14,28H,7,15-18H2,1-6H3. The van der Waals surface area contributed by atoms with Crippen LogP contribution in [0.2, 0.25) is 0 Å². The molecule has 2 aliphatic carbocycles. The van der Waals surface area contributed by atoms with E-state index in [1.165, 1.54) is 0 Å². The van der Waals surface area contributed by atoms with Crippen LogP contribution in [0.15, 0.2) is 65.1 Å². The highest BCUT2D eigenvalue weighted by Gasteiger charge is 2.48. The van der Waals surface area contributed by atoms with E-state index < -0.39 is 11.9 Å². The summed E-state index contributed by atoms with van der Waals surface area (Å²) < 4.78 is 23.2. The number of ether oxygens (including phenoxy) is 4. The summed E-state index contributed by atoms with van der Waals surface area (Å²) in [5.74, 6) is 1.46. The zero-order chi connectivity index (χ0) is 28.8. The Balaban J connectivity index is 1.57. The SMILES string of the molecule is CCOc1cc(C2C3=C(CC(C)(C)CC3=O)OC3=C2C(=O)CC(C)(C)C3)ccc1OC(=O)c1ccc(OC)cc1. The largest absolute Gasteiger partial charge is 0.497 e. The van der Waals surface area contributed by atoms with Crippen LogP contribution in [-0.4, -0.2) is 31.3 Å². The third-order valence-corrected chi connectivity index (χ3v) is 7.71. The highest BCUT2D eigenvalue weighted by atomic mass is 16.6. The minimum Gasteiger partial charge on any atom is -0.497 e. The summed E-state index contributed by atoms with van der Waals surface area (Å²) >= 11 is 0. The van der Waals surface area contributed by atoms with Gasteiger partial charge in [0, 0.05) is 42.7 Å². The predicted octanol–water partition coefficient (Wildman–Crippen LogP) is 6.71. The van der Waals surface area contributed by atoms with Gasteiger partial charge in [-0.3, -0.25) is 9.59 Å². The van der Waals surface area contributed by atoms with Crippen LogP contribution in [-0.2, 0) is 14.3 Å². The first-order valence-electron chi connectivity index (χ1n) is 13.7. The van der Waals surface area contributed by atoms with Crippen molar-refractivity contribution in [1.29, 1.82) is 0 Å². The summed E-state index contributed by atoms with van der Waals surface area (Å²) in [5, 5.41) is 0. The number of carbonyl (C=O) groups is 3. The van der Waals surface area contributed by atoms with Crippen LogP contribution in [0.1, 0.15) is 82.1 Å². The van der Waals surface area contributed by atoms with E-state index in [0.717, 1.165) is 5.56 Å². The van der Waals surface area contributed by atoms with Gasteiger partial charge in [-0.15, -0.1) is 0 Å². The first-order chi connectivity index (χ1) is 18.9. The average Bonchev–Trinajstić information content (AvgIpc) is 2.87. The van der Waals surface area contributed by atoms with Gasteiger partial charge in [0.05, 0.1) is 19.3 Å². The minimum atomic E-state index is -0.559. The lowest BCUT2D eigenvalue weighted by molar-refractivity contribution is -0.120. The first-order valence-corrected chi connectivity index (χ1v) is 13.7. The van der Waals surface area contributed by atoms with Crippen molar-refractivity contribution in [2.24, 2.45) is 10.8 Å². The zero-order valence-electron chi connectivity index (χ0n) is 24.0. The molecule has 5 rings (SSSR count). The fourth-order valence-corrected chi connectivity index (χ4v) is 5.95. The first kappa shape index (κ1) is 27.7. The number of carbonyl (C=O) groups excluding carboxylic acids is 3. The van der Waals surface area contributed by atoms with Gasteiger partial charge in [0.1, 0.15) is 17.3 Å². The van der Waals surface area contributed by atoms with Gasteiger partial charge in [-0.05, 0) is 59.7 Å². The molecule has 0 spiro atoms. The monoisotopic (exact) mass is 544 g/mol.